The third-order valence-corrected chi connectivity index (χ3v) is 6.81. The topological polar surface area (TPSA) is 94.0 Å². The number of nitrogens with one attached hydrogen (secondary N) is 2. The number of nitrogens with zero attached hydrogens (tertiary/aromatic N) is 2. The highest BCUT2D eigenvalue weighted by Gasteiger charge is 2.28. The van der Waals surface area contributed by atoms with E-state index in [2.05, 4.69) is 37.8 Å². The molecule has 7 nitrogen and oxygen atoms in total. The van der Waals surface area contributed by atoms with Crippen LogP contribution in [0.25, 0.3) is 0 Å². The van der Waals surface area contributed by atoms with E-state index in [1.165, 1.54) is 6.07 Å². The highest BCUT2D eigenvalue weighted by molar-refractivity contribution is 14.1. The van der Waals surface area contributed by atoms with Crippen LogP contribution in [-0.2, 0) is 10.2 Å². The van der Waals surface area contributed by atoms with Crippen LogP contribution < -0.4 is 10.0 Å². The molecule has 0 bridgehead atoms. The smallest absolute Gasteiger partial charge is 0.301 e. The first kappa shape index (κ1) is 22.0. The van der Waals surface area contributed by atoms with Gasteiger partial charge in [-0.25, -0.2) is 8.78 Å². The Morgan fingerprint density at radius 1 is 1.07 bits per heavy atom. The van der Waals surface area contributed by atoms with Gasteiger partial charge in [-0.05, 0) is 52.9 Å². The van der Waals surface area contributed by atoms with Crippen molar-refractivity contribution in [2.24, 2.45) is 5.16 Å². The number of hydrogen-bond donors (Lipinski definition) is 3. The maximum absolute atomic E-state index is 14.5. The van der Waals surface area contributed by atoms with Crippen molar-refractivity contribution in [2.45, 2.75) is 12.8 Å². The molecule has 0 atom stereocenters. The average Bonchev–Trinajstić information content (AvgIpc) is 2.69. The van der Waals surface area contributed by atoms with Gasteiger partial charge in [0.05, 0.1) is 27.8 Å². The van der Waals surface area contributed by atoms with E-state index in [9.17, 15) is 17.2 Å². The fourth-order valence-corrected chi connectivity index (χ4v) is 4.88. The minimum Gasteiger partial charge on any atom is -0.411 e. The molecule has 0 amide bonds. The molecule has 1 aliphatic heterocycles. The molecule has 29 heavy (non-hydrogen) atoms. The molecule has 0 saturated carbocycles. The summed E-state index contributed by atoms with van der Waals surface area (Å²) in [5, 5.41) is 14.8. The van der Waals surface area contributed by atoms with Gasteiger partial charge in [-0.15, -0.1) is 0 Å². The molecule has 0 aromatic heterocycles. The van der Waals surface area contributed by atoms with Crippen LogP contribution in [0.4, 0.5) is 25.8 Å². The Balaban J connectivity index is 1.78. The number of hydrogen-bond acceptors (Lipinski definition) is 5. The zero-order chi connectivity index (χ0) is 21.2. The molecular formula is C17H16ClF2IN4O3S. The second kappa shape index (κ2) is 8.98. The minimum absolute atomic E-state index is 0.0732. The Labute approximate surface area is 185 Å². The molecule has 3 N–H and O–H groups in total. The fourth-order valence-electron chi connectivity index (χ4n) is 2.75. The normalized spacial score (nSPS) is 15.2. The first-order valence-corrected chi connectivity index (χ1v) is 11.3. The summed E-state index contributed by atoms with van der Waals surface area (Å²) in [5.74, 6) is -2.58. The van der Waals surface area contributed by atoms with Crippen LogP contribution in [0.2, 0.25) is 5.02 Å². The number of anilines is 3. The molecule has 1 saturated heterocycles. The van der Waals surface area contributed by atoms with Crippen molar-refractivity contribution in [3.8, 4) is 0 Å². The predicted molar refractivity (Wildman–Crippen MR) is 116 cm³/mol. The molecule has 1 fully saturated rings. The van der Waals surface area contributed by atoms with Crippen molar-refractivity contribution in [3.63, 3.8) is 0 Å². The third-order valence-electron chi connectivity index (χ3n) is 4.30. The number of piperidine rings is 1. The van der Waals surface area contributed by atoms with E-state index < -0.39 is 27.5 Å². The van der Waals surface area contributed by atoms with Gasteiger partial charge in [-0.1, -0.05) is 16.8 Å². The molecule has 3 rings (SSSR count). The Bertz CT molecular complexity index is 1060. The van der Waals surface area contributed by atoms with Crippen molar-refractivity contribution in [3.05, 3.63) is 50.6 Å². The lowest BCUT2D eigenvalue weighted by atomic mass is 10.1. The molecule has 0 aliphatic carbocycles. The molecule has 1 aliphatic rings. The highest BCUT2D eigenvalue weighted by atomic mass is 127. The third kappa shape index (κ3) is 5.08. The summed E-state index contributed by atoms with van der Waals surface area (Å²) >= 11 is 8.16. The van der Waals surface area contributed by atoms with Crippen molar-refractivity contribution in [1.29, 1.82) is 0 Å². The van der Waals surface area contributed by atoms with Gasteiger partial charge in [0, 0.05) is 29.5 Å². The van der Waals surface area contributed by atoms with E-state index in [0.717, 1.165) is 13.9 Å². The van der Waals surface area contributed by atoms with Gasteiger partial charge in [-0.3, -0.25) is 4.72 Å². The van der Waals surface area contributed by atoms with Crippen LogP contribution in [0, 0.1) is 15.2 Å². The van der Waals surface area contributed by atoms with Crippen LogP contribution in [0.5, 0.6) is 0 Å². The number of benzene rings is 2. The predicted octanol–water partition coefficient (Wildman–Crippen LogP) is 4.55. The fraction of sp³-hybridized carbons (Fsp3) is 0.235. The van der Waals surface area contributed by atoms with E-state index in [4.69, 9.17) is 16.8 Å². The van der Waals surface area contributed by atoms with E-state index in [-0.39, 0.29) is 31.6 Å². The summed E-state index contributed by atoms with van der Waals surface area (Å²) in [4.78, 5) is 0. The Hall–Kier alpha value is -1.70. The lowest BCUT2D eigenvalue weighted by Crippen LogP contribution is -2.42. The maximum Gasteiger partial charge on any atom is 0.301 e. The molecule has 0 radical (unpaired) electrons. The van der Waals surface area contributed by atoms with Crippen molar-refractivity contribution in [1.82, 2.24) is 4.31 Å². The molecule has 2 aromatic rings. The summed E-state index contributed by atoms with van der Waals surface area (Å²) in [6, 6.07) is 7.38. The summed E-state index contributed by atoms with van der Waals surface area (Å²) < 4.78 is 57.9. The van der Waals surface area contributed by atoms with Gasteiger partial charge < -0.3 is 10.5 Å². The number of rotatable bonds is 5. The quantitative estimate of drug-likeness (QED) is 0.286. The lowest BCUT2D eigenvalue weighted by molar-refractivity contribution is 0.310. The second-order valence-electron chi connectivity index (χ2n) is 6.21. The van der Waals surface area contributed by atoms with E-state index in [0.29, 0.717) is 16.4 Å². The van der Waals surface area contributed by atoms with E-state index >= 15 is 0 Å². The summed E-state index contributed by atoms with van der Waals surface area (Å²) in [5.41, 5.74) is 0.172. The monoisotopic (exact) mass is 556 g/mol. The molecule has 2 aromatic carbocycles. The second-order valence-corrected chi connectivity index (χ2v) is 9.53. The van der Waals surface area contributed by atoms with Gasteiger partial charge in [0.25, 0.3) is 0 Å². The lowest BCUT2D eigenvalue weighted by Gasteiger charge is -2.26. The van der Waals surface area contributed by atoms with Crippen LogP contribution in [0.3, 0.4) is 0 Å². The first-order valence-electron chi connectivity index (χ1n) is 8.39. The van der Waals surface area contributed by atoms with E-state index in [1.54, 1.807) is 18.2 Å². The van der Waals surface area contributed by atoms with Crippen molar-refractivity contribution >= 4 is 67.2 Å². The van der Waals surface area contributed by atoms with Crippen LogP contribution in [0.1, 0.15) is 12.8 Å². The number of halogens is 4. The van der Waals surface area contributed by atoms with E-state index in [1.807, 2.05) is 0 Å². The summed E-state index contributed by atoms with van der Waals surface area (Å²) in [7, 11) is -4.09. The summed E-state index contributed by atoms with van der Waals surface area (Å²) in [6.45, 7) is 0.146. The minimum atomic E-state index is -4.09. The Morgan fingerprint density at radius 3 is 2.28 bits per heavy atom. The Kier molecular flexibility index (Phi) is 6.81. The SMILES string of the molecule is O=S(=O)(Nc1ccc(Nc2ccc(I)cc2Cl)c(F)c1F)N1CCC(=NO)CC1. The van der Waals surface area contributed by atoms with Crippen molar-refractivity contribution in [2.75, 3.05) is 23.1 Å². The maximum atomic E-state index is 14.5. The molecule has 0 unspecified atom stereocenters. The first-order chi connectivity index (χ1) is 13.7. The zero-order valence-corrected chi connectivity index (χ0v) is 18.5. The van der Waals surface area contributed by atoms with Gasteiger partial charge in [-0.2, -0.15) is 12.7 Å². The van der Waals surface area contributed by atoms with Crippen LogP contribution >= 0.6 is 34.2 Å². The van der Waals surface area contributed by atoms with Gasteiger partial charge in [0.1, 0.15) is 0 Å². The zero-order valence-electron chi connectivity index (χ0n) is 14.8. The largest absolute Gasteiger partial charge is 0.411 e. The molecule has 1 heterocycles. The standard InChI is InChI=1S/C17H16ClF2IN4O3S/c18-12-9-10(21)1-2-13(12)22-14-3-4-15(17(20)16(14)19)24-29(27,28)25-7-5-11(23-26)6-8-25/h1-4,9,22,24,26H,5-8H2. The summed E-state index contributed by atoms with van der Waals surface area (Å²) in [6.07, 6.45) is 0.516. The molecule has 12 heteroatoms. The Morgan fingerprint density at radius 2 is 1.66 bits per heavy atom. The molecular weight excluding hydrogens is 541 g/mol. The van der Waals surface area contributed by atoms with Crippen molar-refractivity contribution < 1.29 is 22.4 Å². The highest BCUT2D eigenvalue weighted by Crippen LogP contribution is 2.31. The molecule has 156 valence electrons. The van der Waals surface area contributed by atoms with Crippen LogP contribution in [-0.4, -0.2) is 36.7 Å². The molecule has 0 spiro atoms. The van der Waals surface area contributed by atoms with Gasteiger partial charge in [0.2, 0.25) is 0 Å². The van der Waals surface area contributed by atoms with Gasteiger partial charge >= 0.3 is 10.2 Å². The van der Waals surface area contributed by atoms with Crippen LogP contribution in [0.15, 0.2) is 35.5 Å². The van der Waals surface area contributed by atoms with Gasteiger partial charge in [0.15, 0.2) is 11.6 Å². The number of oxime groups is 1. The average molecular weight is 557 g/mol.